The number of nitrogens with one attached hydrogen (secondary N) is 1. The van der Waals surface area contributed by atoms with Gasteiger partial charge in [-0.1, -0.05) is 6.07 Å². The van der Waals surface area contributed by atoms with Crippen molar-refractivity contribution in [3.8, 4) is 0 Å². The van der Waals surface area contributed by atoms with E-state index in [1.165, 1.54) is 6.07 Å². The number of nitrogens with two attached hydrogens (primary N) is 1. The van der Waals surface area contributed by atoms with E-state index >= 15 is 0 Å². The molecular formula is C9H13N2O3S. The minimum atomic E-state index is -4.20. The van der Waals surface area contributed by atoms with Gasteiger partial charge in [-0.05, 0) is 31.2 Å². The molecule has 0 fully saturated rings. The highest BCUT2D eigenvalue weighted by Crippen LogP contribution is 2.19. The summed E-state index contributed by atoms with van der Waals surface area (Å²) >= 11 is 0. The number of rotatable bonds is 5. The summed E-state index contributed by atoms with van der Waals surface area (Å²) in [7, 11) is -4.20. The molecule has 83 valence electrons. The normalized spacial score (nSPS) is 11.3. The molecule has 0 aliphatic rings. The first-order valence-corrected chi connectivity index (χ1v) is 5.91. The van der Waals surface area contributed by atoms with Crippen LogP contribution in [0, 0.1) is 6.07 Å². The zero-order valence-electron chi connectivity index (χ0n) is 8.10. The average Bonchev–Trinajstić information content (AvgIpc) is 2.17. The molecule has 6 heteroatoms. The van der Waals surface area contributed by atoms with E-state index in [4.69, 9.17) is 10.3 Å². The van der Waals surface area contributed by atoms with Gasteiger partial charge in [0.15, 0.2) is 0 Å². The molecule has 0 saturated carbocycles. The highest BCUT2D eigenvalue weighted by Gasteiger charge is 2.13. The molecule has 0 aliphatic heterocycles. The molecule has 4 N–H and O–H groups in total. The summed E-state index contributed by atoms with van der Waals surface area (Å²) in [5, 5.41) is 2.88. The van der Waals surface area contributed by atoms with Crippen LogP contribution in [0.4, 0.5) is 5.69 Å². The van der Waals surface area contributed by atoms with Crippen LogP contribution in [0.15, 0.2) is 23.1 Å². The van der Waals surface area contributed by atoms with Crippen molar-refractivity contribution >= 4 is 15.8 Å². The molecule has 0 atom stereocenters. The van der Waals surface area contributed by atoms with E-state index in [0.717, 1.165) is 6.42 Å². The van der Waals surface area contributed by atoms with Crippen molar-refractivity contribution in [3.63, 3.8) is 0 Å². The van der Waals surface area contributed by atoms with Crippen LogP contribution in [0.3, 0.4) is 0 Å². The fourth-order valence-electron chi connectivity index (χ4n) is 1.10. The SMILES string of the molecule is NCCCNc1cc[c]cc1S(=O)(=O)O. The van der Waals surface area contributed by atoms with Crippen molar-refractivity contribution in [2.75, 3.05) is 18.4 Å². The van der Waals surface area contributed by atoms with E-state index in [9.17, 15) is 8.42 Å². The Morgan fingerprint density at radius 3 is 2.87 bits per heavy atom. The summed E-state index contributed by atoms with van der Waals surface area (Å²) in [6.45, 7) is 1.08. The third-order valence-electron chi connectivity index (χ3n) is 1.80. The Labute approximate surface area is 89.0 Å². The molecule has 0 heterocycles. The quantitative estimate of drug-likeness (QED) is 0.505. The predicted molar refractivity (Wildman–Crippen MR) is 57.3 cm³/mol. The smallest absolute Gasteiger partial charge is 0.296 e. The van der Waals surface area contributed by atoms with Crippen LogP contribution in [0.5, 0.6) is 0 Å². The van der Waals surface area contributed by atoms with Gasteiger partial charge in [-0.3, -0.25) is 4.55 Å². The van der Waals surface area contributed by atoms with E-state index in [-0.39, 0.29) is 4.90 Å². The van der Waals surface area contributed by atoms with Crippen LogP contribution in [0.2, 0.25) is 0 Å². The van der Waals surface area contributed by atoms with Gasteiger partial charge in [-0.25, -0.2) is 0 Å². The lowest BCUT2D eigenvalue weighted by Gasteiger charge is -2.08. The molecule has 0 unspecified atom stereocenters. The topological polar surface area (TPSA) is 92.4 Å². The fourth-order valence-corrected chi connectivity index (χ4v) is 1.73. The minimum Gasteiger partial charge on any atom is -0.384 e. The van der Waals surface area contributed by atoms with E-state index in [2.05, 4.69) is 11.4 Å². The van der Waals surface area contributed by atoms with E-state index in [1.807, 2.05) is 0 Å². The first kappa shape index (κ1) is 12.0. The molecule has 0 amide bonds. The van der Waals surface area contributed by atoms with E-state index in [0.29, 0.717) is 18.8 Å². The average molecular weight is 229 g/mol. The van der Waals surface area contributed by atoms with Crippen molar-refractivity contribution in [2.45, 2.75) is 11.3 Å². The van der Waals surface area contributed by atoms with Gasteiger partial charge < -0.3 is 11.1 Å². The lowest BCUT2D eigenvalue weighted by molar-refractivity contribution is 0.483. The number of hydrogen-bond acceptors (Lipinski definition) is 4. The second-order valence-corrected chi connectivity index (χ2v) is 4.36. The van der Waals surface area contributed by atoms with Crippen molar-refractivity contribution in [1.82, 2.24) is 0 Å². The predicted octanol–water partition coefficient (Wildman–Crippen LogP) is 0.494. The molecule has 0 saturated heterocycles. The van der Waals surface area contributed by atoms with Crippen molar-refractivity contribution in [1.29, 1.82) is 0 Å². The summed E-state index contributed by atoms with van der Waals surface area (Å²) < 4.78 is 30.8. The van der Waals surface area contributed by atoms with E-state index < -0.39 is 10.1 Å². The van der Waals surface area contributed by atoms with Gasteiger partial charge in [0.25, 0.3) is 10.1 Å². The monoisotopic (exact) mass is 229 g/mol. The zero-order valence-corrected chi connectivity index (χ0v) is 8.92. The molecule has 1 radical (unpaired) electrons. The van der Waals surface area contributed by atoms with Crippen LogP contribution in [0.1, 0.15) is 6.42 Å². The maximum atomic E-state index is 11.0. The molecule has 1 aromatic carbocycles. The first-order valence-electron chi connectivity index (χ1n) is 4.47. The molecule has 0 bridgehead atoms. The van der Waals surface area contributed by atoms with Crippen molar-refractivity contribution in [3.05, 3.63) is 24.3 Å². The number of benzene rings is 1. The first-order chi connectivity index (χ1) is 7.05. The molecule has 1 aromatic rings. The van der Waals surface area contributed by atoms with Crippen LogP contribution >= 0.6 is 0 Å². The summed E-state index contributed by atoms with van der Waals surface area (Å²) in [4.78, 5) is -0.165. The largest absolute Gasteiger partial charge is 0.384 e. The molecule has 0 spiro atoms. The third kappa shape index (κ3) is 3.50. The number of hydrogen-bond donors (Lipinski definition) is 3. The van der Waals surface area contributed by atoms with Crippen LogP contribution in [0.25, 0.3) is 0 Å². The van der Waals surface area contributed by atoms with Gasteiger partial charge in [0, 0.05) is 6.54 Å². The van der Waals surface area contributed by atoms with E-state index in [1.54, 1.807) is 12.1 Å². The minimum absolute atomic E-state index is 0.165. The molecule has 15 heavy (non-hydrogen) atoms. The highest BCUT2D eigenvalue weighted by molar-refractivity contribution is 7.86. The molecule has 0 aromatic heterocycles. The van der Waals surface area contributed by atoms with Gasteiger partial charge in [-0.15, -0.1) is 0 Å². The second-order valence-electron chi connectivity index (χ2n) is 2.97. The van der Waals surface area contributed by atoms with Gasteiger partial charge in [0.1, 0.15) is 4.90 Å². The van der Waals surface area contributed by atoms with Crippen molar-refractivity contribution in [2.24, 2.45) is 5.73 Å². The Morgan fingerprint density at radius 1 is 1.53 bits per heavy atom. The Balaban J connectivity index is 2.88. The maximum Gasteiger partial charge on any atom is 0.296 e. The van der Waals surface area contributed by atoms with Gasteiger partial charge in [0.05, 0.1) is 5.69 Å². The van der Waals surface area contributed by atoms with Crippen molar-refractivity contribution < 1.29 is 13.0 Å². The Hall–Kier alpha value is -1.11. The molecule has 1 rings (SSSR count). The summed E-state index contributed by atoms with van der Waals surface area (Å²) in [5.74, 6) is 0. The van der Waals surface area contributed by atoms with Gasteiger partial charge in [-0.2, -0.15) is 8.42 Å². The van der Waals surface area contributed by atoms with Crippen LogP contribution in [-0.2, 0) is 10.1 Å². The number of anilines is 1. The molecule has 0 aliphatic carbocycles. The third-order valence-corrected chi connectivity index (χ3v) is 2.69. The van der Waals surface area contributed by atoms with Gasteiger partial charge >= 0.3 is 0 Å². The zero-order chi connectivity index (χ0) is 11.3. The molecule has 5 nitrogen and oxygen atoms in total. The Morgan fingerprint density at radius 2 is 2.27 bits per heavy atom. The van der Waals surface area contributed by atoms with Crippen LogP contribution < -0.4 is 11.1 Å². The second kappa shape index (κ2) is 5.11. The lowest BCUT2D eigenvalue weighted by Crippen LogP contribution is -2.11. The summed E-state index contributed by atoms with van der Waals surface area (Å²) in [6.07, 6.45) is 0.726. The van der Waals surface area contributed by atoms with Crippen LogP contribution in [-0.4, -0.2) is 26.1 Å². The molecular weight excluding hydrogens is 216 g/mol. The lowest BCUT2D eigenvalue weighted by atomic mass is 10.3. The summed E-state index contributed by atoms with van der Waals surface area (Å²) in [6, 6.07) is 6.93. The Bertz CT molecular complexity index is 417. The Kier molecular flexibility index (Phi) is 4.07. The highest BCUT2D eigenvalue weighted by atomic mass is 32.2. The maximum absolute atomic E-state index is 11.0. The summed E-state index contributed by atoms with van der Waals surface area (Å²) in [5.41, 5.74) is 5.67. The standard InChI is InChI=1S/C9H13N2O3S/c10-6-3-7-11-8-4-1-2-5-9(8)15(12,13)14/h1,4-5,11H,3,6-7,10H2,(H,12,13,14). The fraction of sp³-hybridized carbons (Fsp3) is 0.333. The van der Waals surface area contributed by atoms with Gasteiger partial charge in [0.2, 0.25) is 0 Å².